The summed E-state index contributed by atoms with van der Waals surface area (Å²) in [6.07, 6.45) is 6.56. The van der Waals surface area contributed by atoms with Crippen LogP contribution < -0.4 is 0 Å². The molecule has 0 aliphatic heterocycles. The molecule has 2 heteroatoms. The molecule has 0 saturated heterocycles. The van der Waals surface area contributed by atoms with Crippen molar-refractivity contribution in [1.82, 2.24) is 0 Å². The van der Waals surface area contributed by atoms with Crippen molar-refractivity contribution >= 4 is 16.8 Å². The standard InChI is InChI=1S/C11H17ClO/c1-4-5-6-7-8-9(10(12)13)11(8,2)3/h6-9H,4-5H2,1-3H3. The number of rotatable bonds is 4. The minimum absolute atomic E-state index is 0.0438. The molecule has 0 N–H and O–H groups in total. The molecular weight excluding hydrogens is 184 g/mol. The molecule has 2 unspecified atom stereocenters. The molecule has 1 aliphatic carbocycles. The number of halogens is 1. The molecule has 0 aromatic carbocycles. The highest BCUT2D eigenvalue weighted by atomic mass is 35.5. The fourth-order valence-corrected chi connectivity index (χ4v) is 2.30. The number of allylic oxidation sites excluding steroid dienone is 2. The second kappa shape index (κ2) is 3.83. The van der Waals surface area contributed by atoms with Gasteiger partial charge < -0.3 is 0 Å². The predicted octanol–water partition coefficient (Wildman–Crippen LogP) is 3.38. The van der Waals surface area contributed by atoms with E-state index in [1.807, 2.05) is 0 Å². The topological polar surface area (TPSA) is 17.1 Å². The average molecular weight is 201 g/mol. The van der Waals surface area contributed by atoms with Crippen molar-refractivity contribution in [1.29, 1.82) is 0 Å². The lowest BCUT2D eigenvalue weighted by molar-refractivity contribution is -0.113. The third-order valence-electron chi connectivity index (χ3n) is 2.95. The zero-order chi connectivity index (χ0) is 10.1. The van der Waals surface area contributed by atoms with Gasteiger partial charge in [-0.1, -0.05) is 39.3 Å². The quantitative estimate of drug-likeness (QED) is 0.502. The zero-order valence-corrected chi connectivity index (χ0v) is 9.27. The molecule has 13 heavy (non-hydrogen) atoms. The summed E-state index contributed by atoms with van der Waals surface area (Å²) in [5.41, 5.74) is 0.0864. The molecule has 0 aromatic heterocycles. The Balaban J connectivity index is 2.50. The van der Waals surface area contributed by atoms with Gasteiger partial charge in [-0.2, -0.15) is 0 Å². The Morgan fingerprint density at radius 2 is 2.15 bits per heavy atom. The van der Waals surface area contributed by atoms with Crippen molar-refractivity contribution in [2.75, 3.05) is 0 Å². The Morgan fingerprint density at radius 3 is 2.54 bits per heavy atom. The van der Waals surface area contributed by atoms with Gasteiger partial charge in [-0.25, -0.2) is 0 Å². The van der Waals surface area contributed by atoms with Gasteiger partial charge in [-0.05, 0) is 29.4 Å². The maximum Gasteiger partial charge on any atom is 0.225 e. The van der Waals surface area contributed by atoms with E-state index in [9.17, 15) is 4.79 Å². The summed E-state index contributed by atoms with van der Waals surface area (Å²) in [6.45, 7) is 6.34. The van der Waals surface area contributed by atoms with Crippen molar-refractivity contribution < 1.29 is 4.79 Å². The Kier molecular flexibility index (Phi) is 3.18. The number of hydrogen-bond donors (Lipinski definition) is 0. The van der Waals surface area contributed by atoms with Crippen molar-refractivity contribution in [2.24, 2.45) is 17.3 Å². The van der Waals surface area contributed by atoms with Crippen LogP contribution in [-0.4, -0.2) is 5.24 Å². The lowest BCUT2D eigenvalue weighted by atomic mass is 10.1. The van der Waals surface area contributed by atoms with Crippen molar-refractivity contribution in [2.45, 2.75) is 33.6 Å². The Morgan fingerprint density at radius 1 is 1.54 bits per heavy atom. The normalized spacial score (nSPS) is 30.8. The Bertz CT molecular complexity index is 230. The minimum atomic E-state index is -0.184. The van der Waals surface area contributed by atoms with Crippen molar-refractivity contribution in [3.8, 4) is 0 Å². The number of unbranched alkanes of at least 4 members (excludes halogenated alkanes) is 1. The molecular formula is C11H17ClO. The van der Waals surface area contributed by atoms with Gasteiger partial charge in [0.25, 0.3) is 0 Å². The number of carbonyl (C=O) groups excluding carboxylic acids is 1. The second-order valence-corrected chi connectivity index (χ2v) is 4.72. The summed E-state index contributed by atoms with van der Waals surface area (Å²) in [5.74, 6) is 0.409. The first-order valence-electron chi connectivity index (χ1n) is 4.87. The molecule has 74 valence electrons. The van der Waals surface area contributed by atoms with Crippen LogP contribution in [0, 0.1) is 17.3 Å². The van der Waals surface area contributed by atoms with E-state index in [1.54, 1.807) is 0 Å². The number of carbonyl (C=O) groups is 1. The SMILES string of the molecule is CCCC=CC1C(C(=O)Cl)C1(C)C. The van der Waals surface area contributed by atoms with E-state index in [4.69, 9.17) is 11.6 Å². The van der Waals surface area contributed by atoms with Crippen LogP contribution in [0.2, 0.25) is 0 Å². The molecule has 1 rings (SSSR count). The molecule has 1 nitrogen and oxygen atoms in total. The maximum atomic E-state index is 11.0. The molecule has 1 aliphatic rings. The van der Waals surface area contributed by atoms with Crippen LogP contribution in [-0.2, 0) is 4.79 Å². The predicted molar refractivity (Wildman–Crippen MR) is 55.7 cm³/mol. The van der Waals surface area contributed by atoms with Gasteiger partial charge in [0.2, 0.25) is 5.24 Å². The fourth-order valence-electron chi connectivity index (χ4n) is 1.88. The molecule has 0 spiro atoms. The lowest BCUT2D eigenvalue weighted by Crippen LogP contribution is -1.96. The first-order chi connectivity index (χ1) is 6.01. The molecule has 1 saturated carbocycles. The fraction of sp³-hybridized carbons (Fsp3) is 0.727. The van der Waals surface area contributed by atoms with E-state index in [-0.39, 0.29) is 16.6 Å². The summed E-state index contributed by atoms with van der Waals surface area (Å²) >= 11 is 5.49. The van der Waals surface area contributed by atoms with Crippen LogP contribution >= 0.6 is 11.6 Å². The highest BCUT2D eigenvalue weighted by molar-refractivity contribution is 6.64. The van der Waals surface area contributed by atoms with E-state index in [1.165, 1.54) is 0 Å². The van der Waals surface area contributed by atoms with Gasteiger partial charge in [0, 0.05) is 5.92 Å². The maximum absolute atomic E-state index is 11.0. The molecule has 0 aromatic rings. The van der Waals surface area contributed by atoms with E-state index >= 15 is 0 Å². The minimum Gasteiger partial charge on any atom is -0.281 e. The molecule has 0 amide bonds. The van der Waals surface area contributed by atoms with Crippen LogP contribution in [0.1, 0.15) is 33.6 Å². The van der Waals surface area contributed by atoms with Gasteiger partial charge in [0.1, 0.15) is 0 Å². The highest BCUT2D eigenvalue weighted by Gasteiger charge is 2.59. The van der Waals surface area contributed by atoms with E-state index < -0.39 is 0 Å². The second-order valence-electron chi connectivity index (χ2n) is 4.35. The molecule has 2 atom stereocenters. The summed E-state index contributed by atoms with van der Waals surface area (Å²) in [4.78, 5) is 11.0. The Hall–Kier alpha value is -0.300. The lowest BCUT2D eigenvalue weighted by Gasteiger charge is -1.96. The van der Waals surface area contributed by atoms with Gasteiger partial charge >= 0.3 is 0 Å². The summed E-state index contributed by atoms with van der Waals surface area (Å²) in [6, 6.07) is 0. The van der Waals surface area contributed by atoms with Gasteiger partial charge in [0.05, 0.1) is 0 Å². The third-order valence-corrected chi connectivity index (χ3v) is 3.19. The Labute approximate surface area is 85.2 Å². The first kappa shape index (κ1) is 10.8. The third kappa shape index (κ3) is 2.14. The monoisotopic (exact) mass is 200 g/mol. The van der Waals surface area contributed by atoms with Crippen LogP contribution in [0.3, 0.4) is 0 Å². The van der Waals surface area contributed by atoms with Crippen molar-refractivity contribution in [3.63, 3.8) is 0 Å². The van der Waals surface area contributed by atoms with Crippen LogP contribution in [0.15, 0.2) is 12.2 Å². The van der Waals surface area contributed by atoms with E-state index in [2.05, 4.69) is 32.9 Å². The summed E-state index contributed by atoms with van der Waals surface area (Å²) < 4.78 is 0. The van der Waals surface area contributed by atoms with Gasteiger partial charge in [-0.15, -0.1) is 0 Å². The first-order valence-corrected chi connectivity index (χ1v) is 5.25. The van der Waals surface area contributed by atoms with Crippen LogP contribution in [0.25, 0.3) is 0 Å². The average Bonchev–Trinajstić information content (AvgIpc) is 2.54. The molecule has 0 bridgehead atoms. The highest BCUT2D eigenvalue weighted by Crippen LogP contribution is 2.59. The molecule has 0 radical (unpaired) electrons. The molecule has 0 heterocycles. The van der Waals surface area contributed by atoms with Crippen molar-refractivity contribution in [3.05, 3.63) is 12.2 Å². The van der Waals surface area contributed by atoms with Gasteiger partial charge in [0.15, 0.2) is 0 Å². The smallest absolute Gasteiger partial charge is 0.225 e. The van der Waals surface area contributed by atoms with Crippen LogP contribution in [0.4, 0.5) is 0 Å². The van der Waals surface area contributed by atoms with E-state index in [0.717, 1.165) is 12.8 Å². The summed E-state index contributed by atoms with van der Waals surface area (Å²) in [5, 5.41) is -0.184. The number of hydrogen-bond acceptors (Lipinski definition) is 1. The van der Waals surface area contributed by atoms with Crippen LogP contribution in [0.5, 0.6) is 0 Å². The largest absolute Gasteiger partial charge is 0.281 e. The van der Waals surface area contributed by atoms with E-state index in [0.29, 0.717) is 5.92 Å². The summed E-state index contributed by atoms with van der Waals surface area (Å²) in [7, 11) is 0. The van der Waals surface area contributed by atoms with Gasteiger partial charge in [-0.3, -0.25) is 4.79 Å². The zero-order valence-electron chi connectivity index (χ0n) is 8.51. The molecule has 1 fully saturated rings.